The normalized spacial score (nSPS) is 10.9. The lowest BCUT2D eigenvalue weighted by Crippen LogP contribution is -2.14. The van der Waals surface area contributed by atoms with Gasteiger partial charge in [-0.05, 0) is 42.8 Å². The largest absolute Gasteiger partial charge is 0.431 e. The molecule has 3 N–H and O–H groups in total. The molecule has 6 nitrogen and oxygen atoms in total. The summed E-state index contributed by atoms with van der Waals surface area (Å²) < 4.78 is 11.2. The maximum Gasteiger partial charge on any atom is 0.341 e. The number of nitrogen functional groups attached to an aromatic ring is 1. The lowest BCUT2D eigenvalue weighted by Gasteiger charge is -2.11. The topological polar surface area (TPSA) is 90.4 Å². The summed E-state index contributed by atoms with van der Waals surface area (Å²) in [6, 6.07) is 12.8. The van der Waals surface area contributed by atoms with Crippen molar-refractivity contribution in [2.45, 2.75) is 13.5 Å². The van der Waals surface area contributed by atoms with Gasteiger partial charge in [-0.3, -0.25) is 0 Å². The van der Waals surface area contributed by atoms with Crippen LogP contribution >= 0.6 is 11.3 Å². The molecule has 0 radical (unpaired) electrons. The average molecular weight is 379 g/mol. The van der Waals surface area contributed by atoms with Crippen LogP contribution in [0.4, 0.5) is 11.4 Å². The van der Waals surface area contributed by atoms with Crippen LogP contribution < -0.4 is 21.4 Å². The van der Waals surface area contributed by atoms with Gasteiger partial charge in [0.05, 0.1) is 5.56 Å². The minimum atomic E-state index is -0.372. The molecule has 4 rings (SSSR count). The van der Waals surface area contributed by atoms with Crippen molar-refractivity contribution in [1.82, 2.24) is 4.98 Å². The number of benzene rings is 2. The molecule has 0 aliphatic heterocycles. The van der Waals surface area contributed by atoms with Crippen molar-refractivity contribution in [3.8, 4) is 10.9 Å². The summed E-state index contributed by atoms with van der Waals surface area (Å²) in [7, 11) is 0. The third-order valence-corrected chi connectivity index (χ3v) is 4.88. The van der Waals surface area contributed by atoms with Crippen LogP contribution in [0.25, 0.3) is 11.0 Å². The molecule has 0 atom stereocenters. The minimum Gasteiger partial charge on any atom is -0.431 e. The summed E-state index contributed by atoms with van der Waals surface area (Å²) in [6.07, 6.45) is 1.67. The Bertz CT molecular complexity index is 1150. The van der Waals surface area contributed by atoms with Crippen LogP contribution in [0.1, 0.15) is 11.1 Å². The smallest absolute Gasteiger partial charge is 0.341 e. The predicted molar refractivity (Wildman–Crippen MR) is 108 cm³/mol. The monoisotopic (exact) mass is 379 g/mol. The first-order valence-corrected chi connectivity index (χ1v) is 9.21. The number of hydrogen-bond donors (Lipinski definition) is 2. The molecule has 0 aliphatic rings. The van der Waals surface area contributed by atoms with Crippen molar-refractivity contribution in [2.24, 2.45) is 0 Å². The SMILES string of the molecule is Cc1c(CNc2cccc(N)c2)c(=O)oc2cc(Oc3nccs3)ccc12. The molecular formula is C20H17N3O3S. The van der Waals surface area contributed by atoms with Gasteiger partial charge < -0.3 is 20.2 Å². The van der Waals surface area contributed by atoms with E-state index >= 15 is 0 Å². The van der Waals surface area contributed by atoms with Crippen LogP contribution in [0, 0.1) is 6.92 Å². The molecule has 136 valence electrons. The van der Waals surface area contributed by atoms with Gasteiger partial charge >= 0.3 is 5.63 Å². The summed E-state index contributed by atoms with van der Waals surface area (Å²) >= 11 is 1.39. The van der Waals surface area contributed by atoms with E-state index in [1.807, 2.05) is 48.7 Å². The molecule has 27 heavy (non-hydrogen) atoms. The third kappa shape index (κ3) is 3.63. The highest BCUT2D eigenvalue weighted by atomic mass is 32.1. The summed E-state index contributed by atoms with van der Waals surface area (Å²) in [5.41, 5.74) is 8.87. The predicted octanol–water partition coefficient (Wildman–Crippen LogP) is 4.54. The summed E-state index contributed by atoms with van der Waals surface area (Å²) in [5, 5.41) is 6.46. The number of nitrogens with one attached hydrogen (secondary N) is 1. The maximum atomic E-state index is 12.5. The van der Waals surface area contributed by atoms with Crippen LogP contribution in [-0.4, -0.2) is 4.98 Å². The van der Waals surface area contributed by atoms with Crippen molar-refractivity contribution in [2.75, 3.05) is 11.1 Å². The molecule has 0 aliphatic carbocycles. The first-order chi connectivity index (χ1) is 13.1. The van der Waals surface area contributed by atoms with Gasteiger partial charge in [0.25, 0.3) is 5.19 Å². The Labute approximate surface area is 159 Å². The lowest BCUT2D eigenvalue weighted by molar-refractivity contribution is 0.476. The second-order valence-electron chi connectivity index (χ2n) is 6.03. The van der Waals surface area contributed by atoms with Gasteiger partial charge in [0.15, 0.2) is 0 Å². The molecule has 2 heterocycles. The van der Waals surface area contributed by atoms with Gasteiger partial charge in [0, 0.05) is 40.9 Å². The Morgan fingerprint density at radius 1 is 1.26 bits per heavy atom. The summed E-state index contributed by atoms with van der Waals surface area (Å²) in [6.45, 7) is 2.27. The highest BCUT2D eigenvalue weighted by Gasteiger charge is 2.12. The Morgan fingerprint density at radius 2 is 2.15 bits per heavy atom. The number of fused-ring (bicyclic) bond motifs is 1. The van der Waals surface area contributed by atoms with Crippen molar-refractivity contribution in [3.63, 3.8) is 0 Å². The number of aromatic nitrogens is 1. The molecule has 2 aromatic heterocycles. The lowest BCUT2D eigenvalue weighted by atomic mass is 10.1. The second kappa shape index (κ2) is 7.13. The van der Waals surface area contributed by atoms with Gasteiger partial charge in [-0.1, -0.05) is 17.4 Å². The maximum absolute atomic E-state index is 12.5. The van der Waals surface area contributed by atoms with Crippen LogP contribution in [0.5, 0.6) is 10.9 Å². The van der Waals surface area contributed by atoms with E-state index in [9.17, 15) is 4.79 Å². The highest BCUT2D eigenvalue weighted by molar-refractivity contribution is 7.11. The minimum absolute atomic E-state index is 0.352. The van der Waals surface area contributed by atoms with E-state index in [4.69, 9.17) is 14.9 Å². The molecule has 0 unspecified atom stereocenters. The molecule has 7 heteroatoms. The molecule has 2 aromatic carbocycles. The fraction of sp³-hybridized carbons (Fsp3) is 0.100. The molecule has 4 aromatic rings. The first kappa shape index (κ1) is 17.1. The fourth-order valence-electron chi connectivity index (χ4n) is 2.84. The Kier molecular flexibility index (Phi) is 4.52. The third-order valence-electron chi connectivity index (χ3n) is 4.23. The van der Waals surface area contributed by atoms with Crippen molar-refractivity contribution < 1.29 is 9.15 Å². The van der Waals surface area contributed by atoms with E-state index in [0.29, 0.717) is 34.3 Å². The number of hydrogen-bond acceptors (Lipinski definition) is 7. The van der Waals surface area contributed by atoms with E-state index in [1.54, 1.807) is 12.3 Å². The Morgan fingerprint density at radius 3 is 2.93 bits per heavy atom. The first-order valence-electron chi connectivity index (χ1n) is 8.33. The fourth-order valence-corrected chi connectivity index (χ4v) is 3.35. The number of nitrogens with zero attached hydrogens (tertiary/aromatic N) is 1. The highest BCUT2D eigenvalue weighted by Crippen LogP contribution is 2.28. The van der Waals surface area contributed by atoms with Crippen molar-refractivity contribution >= 4 is 33.7 Å². The molecule has 0 amide bonds. The Hall–Kier alpha value is -3.32. The van der Waals surface area contributed by atoms with Gasteiger partial charge in [0.2, 0.25) is 0 Å². The number of nitrogens with two attached hydrogens (primary N) is 1. The van der Waals surface area contributed by atoms with Crippen LogP contribution in [0.15, 0.2) is 63.3 Å². The number of anilines is 2. The van der Waals surface area contributed by atoms with Crippen molar-refractivity contribution in [3.05, 3.63) is 75.6 Å². The van der Waals surface area contributed by atoms with E-state index in [1.165, 1.54) is 11.3 Å². The Balaban J connectivity index is 1.63. The van der Waals surface area contributed by atoms with Gasteiger partial charge in [-0.2, -0.15) is 0 Å². The molecule has 0 saturated carbocycles. The van der Waals surface area contributed by atoms with E-state index < -0.39 is 0 Å². The van der Waals surface area contributed by atoms with Gasteiger partial charge in [-0.25, -0.2) is 9.78 Å². The standard InChI is InChI=1S/C20H17N3O3S/c1-12-16-6-5-15(25-20-22-7-8-27-20)10-18(16)26-19(24)17(12)11-23-14-4-2-3-13(21)9-14/h2-10,23H,11,21H2,1H3. The van der Waals surface area contributed by atoms with Crippen LogP contribution in [-0.2, 0) is 6.54 Å². The number of ether oxygens (including phenoxy) is 1. The number of aryl methyl sites for hydroxylation is 1. The second-order valence-corrected chi connectivity index (χ2v) is 6.89. The van der Waals surface area contributed by atoms with Crippen LogP contribution in [0.2, 0.25) is 0 Å². The van der Waals surface area contributed by atoms with Crippen LogP contribution in [0.3, 0.4) is 0 Å². The molecular weight excluding hydrogens is 362 g/mol. The zero-order chi connectivity index (χ0) is 18.8. The summed E-state index contributed by atoms with van der Waals surface area (Å²) in [4.78, 5) is 16.6. The molecule has 0 bridgehead atoms. The number of thiazole rings is 1. The van der Waals surface area contributed by atoms with E-state index in [2.05, 4.69) is 10.3 Å². The average Bonchev–Trinajstić information content (AvgIpc) is 3.14. The zero-order valence-electron chi connectivity index (χ0n) is 14.6. The van der Waals surface area contributed by atoms with Gasteiger partial charge in [-0.15, -0.1) is 0 Å². The number of rotatable bonds is 5. The molecule has 0 saturated heterocycles. The molecule has 0 fully saturated rings. The van der Waals surface area contributed by atoms with E-state index in [-0.39, 0.29) is 5.63 Å². The zero-order valence-corrected chi connectivity index (χ0v) is 15.4. The van der Waals surface area contributed by atoms with Crippen molar-refractivity contribution in [1.29, 1.82) is 0 Å². The van der Waals surface area contributed by atoms with E-state index in [0.717, 1.165) is 16.6 Å². The summed E-state index contributed by atoms with van der Waals surface area (Å²) in [5.74, 6) is 0.575. The molecule has 0 spiro atoms. The van der Waals surface area contributed by atoms with Gasteiger partial charge in [0.1, 0.15) is 11.3 Å². The quantitative estimate of drug-likeness (QED) is 0.391.